The van der Waals surface area contributed by atoms with E-state index in [1.165, 1.54) is 4.90 Å². The maximum atomic E-state index is 13.6. The summed E-state index contributed by atoms with van der Waals surface area (Å²) in [5.74, 6) is -1.00. The molecule has 2 aliphatic rings. The number of rotatable bonds is 7. The lowest BCUT2D eigenvalue weighted by Crippen LogP contribution is -2.50. The number of hydrogen-bond acceptors (Lipinski definition) is 6. The number of nitrogen functional groups attached to an aromatic ring is 1. The number of carbonyl (C=O) groups is 3. The summed E-state index contributed by atoms with van der Waals surface area (Å²) in [4.78, 5) is 41.0. The van der Waals surface area contributed by atoms with Crippen molar-refractivity contribution >= 4 is 40.6 Å². The number of nitrogens with zero attached hydrogens (tertiary/aromatic N) is 2. The van der Waals surface area contributed by atoms with Crippen molar-refractivity contribution in [2.24, 2.45) is 0 Å². The molecule has 0 radical (unpaired) electrons. The second-order valence-electron chi connectivity index (χ2n) is 8.91. The number of amides is 3. The first-order valence-corrected chi connectivity index (χ1v) is 12.5. The second-order valence-corrected chi connectivity index (χ2v) is 9.68. The van der Waals surface area contributed by atoms with Crippen LogP contribution >= 0.6 is 11.5 Å². The normalized spacial score (nSPS) is 17.6. The molecule has 2 aliphatic carbocycles. The van der Waals surface area contributed by atoms with Crippen LogP contribution in [0.15, 0.2) is 30.3 Å². The maximum absolute atomic E-state index is 13.6. The highest BCUT2D eigenvalue weighted by molar-refractivity contribution is 7.09. The van der Waals surface area contributed by atoms with Gasteiger partial charge in [-0.15, -0.1) is 0 Å². The van der Waals surface area contributed by atoms with Crippen LogP contribution in [0.2, 0.25) is 0 Å². The van der Waals surface area contributed by atoms with Gasteiger partial charge in [-0.3, -0.25) is 19.3 Å². The van der Waals surface area contributed by atoms with E-state index in [-0.39, 0.29) is 40.2 Å². The smallest absolute Gasteiger partial charge is 0.273 e. The first-order chi connectivity index (χ1) is 16.0. The molecule has 9 heteroatoms. The quantitative estimate of drug-likeness (QED) is 0.574. The Morgan fingerprint density at radius 3 is 2.18 bits per heavy atom. The van der Waals surface area contributed by atoms with E-state index in [9.17, 15) is 14.4 Å². The molecule has 0 aliphatic heterocycles. The van der Waals surface area contributed by atoms with E-state index in [4.69, 9.17) is 5.73 Å². The van der Waals surface area contributed by atoms with E-state index in [0.717, 1.165) is 62.9 Å². The Morgan fingerprint density at radius 2 is 1.58 bits per heavy atom. The van der Waals surface area contributed by atoms with Gasteiger partial charge in [0.15, 0.2) is 5.69 Å². The van der Waals surface area contributed by atoms with Crippen molar-refractivity contribution in [1.82, 2.24) is 15.0 Å². The summed E-state index contributed by atoms with van der Waals surface area (Å²) in [6.07, 6.45) is 8.18. The maximum Gasteiger partial charge on any atom is 0.273 e. The molecule has 2 saturated carbocycles. The van der Waals surface area contributed by atoms with E-state index in [1.54, 1.807) is 19.1 Å². The molecule has 1 aromatic carbocycles. The average molecular weight is 470 g/mol. The minimum Gasteiger partial charge on any atom is -0.395 e. The predicted octanol–water partition coefficient (Wildman–Crippen LogP) is 3.49. The molecular weight excluding hydrogens is 438 g/mol. The number of anilines is 2. The van der Waals surface area contributed by atoms with E-state index < -0.39 is 11.9 Å². The Bertz CT molecular complexity index is 997. The number of para-hydroxylation sites is 1. The van der Waals surface area contributed by atoms with Gasteiger partial charge < -0.3 is 16.4 Å². The second kappa shape index (κ2) is 10.3. The molecule has 1 aromatic heterocycles. The lowest BCUT2D eigenvalue weighted by Gasteiger charge is -2.29. The van der Waals surface area contributed by atoms with Gasteiger partial charge >= 0.3 is 0 Å². The minimum absolute atomic E-state index is 0.0600. The van der Waals surface area contributed by atoms with Crippen LogP contribution in [0.1, 0.15) is 78.5 Å². The van der Waals surface area contributed by atoms with Crippen molar-refractivity contribution in [3.05, 3.63) is 40.9 Å². The summed E-state index contributed by atoms with van der Waals surface area (Å²) >= 11 is 0.897. The van der Waals surface area contributed by atoms with Gasteiger partial charge in [0, 0.05) is 17.8 Å². The van der Waals surface area contributed by atoms with Gasteiger partial charge in [0.2, 0.25) is 5.91 Å². The number of aromatic nitrogens is 1. The molecule has 4 rings (SSSR count). The molecule has 1 heterocycles. The molecule has 2 fully saturated rings. The predicted molar refractivity (Wildman–Crippen MR) is 129 cm³/mol. The van der Waals surface area contributed by atoms with Gasteiger partial charge in [0.1, 0.15) is 10.9 Å². The van der Waals surface area contributed by atoms with Crippen molar-refractivity contribution in [2.75, 3.05) is 10.6 Å². The highest BCUT2D eigenvalue weighted by Gasteiger charge is 2.33. The molecule has 2 aromatic rings. The fourth-order valence-corrected chi connectivity index (χ4v) is 5.40. The third kappa shape index (κ3) is 5.19. The Kier molecular flexibility index (Phi) is 7.27. The number of nitrogens with two attached hydrogens (primary N) is 1. The number of nitrogens with one attached hydrogen (secondary N) is 2. The first kappa shape index (κ1) is 23.2. The summed E-state index contributed by atoms with van der Waals surface area (Å²) in [6.45, 7) is 1.71. The van der Waals surface area contributed by atoms with E-state index >= 15 is 0 Å². The van der Waals surface area contributed by atoms with Crippen LogP contribution < -0.4 is 21.3 Å². The van der Waals surface area contributed by atoms with E-state index in [0.29, 0.717) is 5.69 Å². The van der Waals surface area contributed by atoms with Gasteiger partial charge in [-0.05, 0) is 56.3 Å². The molecule has 1 atom stereocenters. The molecule has 0 unspecified atom stereocenters. The van der Waals surface area contributed by atoms with Crippen molar-refractivity contribution < 1.29 is 14.4 Å². The largest absolute Gasteiger partial charge is 0.395 e. The molecule has 4 N–H and O–H groups in total. The fourth-order valence-electron chi connectivity index (χ4n) is 4.66. The van der Waals surface area contributed by atoms with Crippen LogP contribution in [-0.4, -0.2) is 40.2 Å². The molecule has 8 nitrogen and oxygen atoms in total. The molecule has 0 bridgehead atoms. The third-order valence-electron chi connectivity index (χ3n) is 6.55. The molecular formula is C24H31N5O3S. The Hall–Kier alpha value is -2.94. The van der Waals surface area contributed by atoms with Crippen LogP contribution in [0.3, 0.4) is 0 Å². The highest BCUT2D eigenvalue weighted by Crippen LogP contribution is 2.28. The zero-order chi connectivity index (χ0) is 23.4. The van der Waals surface area contributed by atoms with Gasteiger partial charge in [0.05, 0.1) is 5.69 Å². The van der Waals surface area contributed by atoms with Gasteiger partial charge in [0.25, 0.3) is 11.8 Å². The summed E-state index contributed by atoms with van der Waals surface area (Å²) in [5.41, 5.74) is 6.96. The summed E-state index contributed by atoms with van der Waals surface area (Å²) in [6, 6.07) is 8.55. The number of hydrogen-bond donors (Lipinski definition) is 3. The zero-order valence-electron chi connectivity index (χ0n) is 18.9. The molecule has 176 valence electrons. The highest BCUT2D eigenvalue weighted by atomic mass is 32.1. The van der Waals surface area contributed by atoms with Gasteiger partial charge in [-0.1, -0.05) is 43.9 Å². The Morgan fingerprint density at radius 1 is 1.00 bits per heavy atom. The number of carbonyl (C=O) groups excluding carboxylic acids is 3. The average Bonchev–Trinajstić information content (AvgIpc) is 3.57. The van der Waals surface area contributed by atoms with Crippen LogP contribution in [0.5, 0.6) is 0 Å². The summed E-state index contributed by atoms with van der Waals surface area (Å²) in [5, 5.41) is 6.04. The van der Waals surface area contributed by atoms with Crippen molar-refractivity contribution in [3.8, 4) is 0 Å². The Labute approximate surface area is 198 Å². The molecule has 33 heavy (non-hydrogen) atoms. The van der Waals surface area contributed by atoms with Gasteiger partial charge in [-0.25, -0.2) is 0 Å². The topological polar surface area (TPSA) is 117 Å². The van der Waals surface area contributed by atoms with Crippen LogP contribution in [0, 0.1) is 0 Å². The lowest BCUT2D eigenvalue weighted by molar-refractivity contribution is -0.122. The van der Waals surface area contributed by atoms with Crippen molar-refractivity contribution in [3.63, 3.8) is 0 Å². The van der Waals surface area contributed by atoms with Crippen LogP contribution in [0.25, 0.3) is 0 Å². The van der Waals surface area contributed by atoms with Crippen LogP contribution in [0.4, 0.5) is 11.4 Å². The zero-order valence-corrected chi connectivity index (χ0v) is 19.7. The van der Waals surface area contributed by atoms with E-state index in [2.05, 4.69) is 15.0 Å². The third-order valence-corrected chi connectivity index (χ3v) is 7.40. The Balaban J connectivity index is 1.57. The monoisotopic (exact) mass is 469 g/mol. The standard InChI is InChI=1S/C24H31N5O3S/c1-15(22(30)26-16-9-5-6-10-16)29(18-13-3-2-4-14-18)24(32)21-19(25)20(28-33-21)23(31)27-17-11-7-8-12-17/h2-4,13-17H,5-12,25H2,1H3,(H,26,30)(H,27,31)/t15-/m0/s1. The molecule has 0 saturated heterocycles. The first-order valence-electron chi connectivity index (χ1n) is 11.7. The summed E-state index contributed by atoms with van der Waals surface area (Å²) < 4.78 is 4.20. The van der Waals surface area contributed by atoms with Crippen molar-refractivity contribution in [2.45, 2.75) is 76.4 Å². The number of benzene rings is 1. The lowest BCUT2D eigenvalue weighted by atomic mass is 10.1. The SMILES string of the molecule is C[C@@H](C(=O)NC1CCCC1)N(C(=O)c1snc(C(=O)NC2CCCC2)c1N)c1ccccc1. The molecule has 3 amide bonds. The molecule has 0 spiro atoms. The van der Waals surface area contributed by atoms with Gasteiger partial charge in [-0.2, -0.15) is 4.37 Å². The van der Waals surface area contributed by atoms with E-state index in [1.807, 2.05) is 18.2 Å². The fraction of sp³-hybridized carbons (Fsp3) is 0.500. The minimum atomic E-state index is -0.752. The summed E-state index contributed by atoms with van der Waals surface area (Å²) in [7, 11) is 0. The van der Waals surface area contributed by atoms with Crippen LogP contribution in [-0.2, 0) is 4.79 Å². The van der Waals surface area contributed by atoms with Crippen molar-refractivity contribution in [1.29, 1.82) is 0 Å².